The maximum Gasteiger partial charge on any atom is 0.119 e. The molecule has 0 heterocycles. The summed E-state index contributed by atoms with van der Waals surface area (Å²) in [5.74, 6) is 0.338. The number of ether oxygens (including phenoxy) is 1. The number of benzene rings is 1. The molecular weight excluding hydrogens is 192 g/mol. The molecule has 1 atom stereocenters. The van der Waals surface area contributed by atoms with Crippen molar-refractivity contribution in [3.63, 3.8) is 0 Å². The van der Waals surface area contributed by atoms with Crippen molar-refractivity contribution in [1.82, 2.24) is 0 Å². The van der Waals surface area contributed by atoms with Crippen molar-refractivity contribution < 1.29 is 14.9 Å². The first-order valence-electron chi connectivity index (χ1n) is 4.91. The van der Waals surface area contributed by atoms with Crippen LogP contribution in [0, 0.1) is 0 Å². The maximum atomic E-state index is 9.52. The maximum absolute atomic E-state index is 9.52. The van der Waals surface area contributed by atoms with Gasteiger partial charge in [-0.25, -0.2) is 0 Å². The lowest BCUT2D eigenvalue weighted by Crippen LogP contribution is -2.08. The second-order valence-electron chi connectivity index (χ2n) is 3.43. The molecule has 0 aliphatic rings. The predicted molar refractivity (Wildman–Crippen MR) is 58.8 cm³/mol. The molecule has 3 heteroatoms. The average Bonchev–Trinajstić information content (AvgIpc) is 2.20. The Morgan fingerprint density at radius 2 is 2.13 bits per heavy atom. The molecule has 0 spiro atoms. The summed E-state index contributed by atoms with van der Waals surface area (Å²) in [6, 6.07) is 4.48. The van der Waals surface area contributed by atoms with E-state index >= 15 is 0 Å². The van der Waals surface area contributed by atoms with Crippen molar-refractivity contribution >= 4 is 0 Å². The Morgan fingerprint density at radius 3 is 2.80 bits per heavy atom. The zero-order chi connectivity index (χ0) is 11.3. The van der Waals surface area contributed by atoms with Crippen LogP contribution in [-0.4, -0.2) is 16.3 Å². The van der Waals surface area contributed by atoms with Crippen LogP contribution in [0.5, 0.6) is 11.5 Å². The van der Waals surface area contributed by atoms with E-state index in [0.29, 0.717) is 12.0 Å². The van der Waals surface area contributed by atoms with Crippen LogP contribution in [0.4, 0.5) is 0 Å². The van der Waals surface area contributed by atoms with Crippen molar-refractivity contribution in [3.8, 4) is 11.5 Å². The fourth-order valence-corrected chi connectivity index (χ4v) is 1.31. The molecule has 82 valence electrons. The van der Waals surface area contributed by atoms with Gasteiger partial charge in [0, 0.05) is 12.0 Å². The van der Waals surface area contributed by atoms with Gasteiger partial charge < -0.3 is 14.9 Å². The van der Waals surface area contributed by atoms with E-state index in [4.69, 9.17) is 4.74 Å². The van der Waals surface area contributed by atoms with Gasteiger partial charge in [0.15, 0.2) is 0 Å². The van der Waals surface area contributed by atoms with Gasteiger partial charge in [0.2, 0.25) is 0 Å². The van der Waals surface area contributed by atoms with Gasteiger partial charge in [0.1, 0.15) is 11.5 Å². The standard InChI is InChI=1S/C12H16O3/c1-3-6-15-9(2)7-10-8-11(13)4-5-12(10)14/h3-6,8-9,13-14H,7H2,1-2H3. The fourth-order valence-electron chi connectivity index (χ4n) is 1.31. The second-order valence-corrected chi connectivity index (χ2v) is 3.43. The first-order chi connectivity index (χ1) is 7.13. The van der Waals surface area contributed by atoms with E-state index in [1.807, 2.05) is 13.8 Å². The fraction of sp³-hybridized carbons (Fsp3) is 0.333. The third-order valence-electron chi connectivity index (χ3n) is 2.02. The first-order valence-corrected chi connectivity index (χ1v) is 4.91. The number of aromatic hydroxyl groups is 2. The van der Waals surface area contributed by atoms with Crippen molar-refractivity contribution in [2.24, 2.45) is 0 Å². The molecule has 0 bridgehead atoms. The van der Waals surface area contributed by atoms with E-state index in [0.717, 1.165) is 0 Å². The van der Waals surface area contributed by atoms with Crippen LogP contribution in [0.15, 0.2) is 30.5 Å². The van der Waals surface area contributed by atoms with Crippen LogP contribution >= 0.6 is 0 Å². The van der Waals surface area contributed by atoms with Crippen LogP contribution < -0.4 is 0 Å². The molecule has 0 amide bonds. The smallest absolute Gasteiger partial charge is 0.119 e. The van der Waals surface area contributed by atoms with Gasteiger partial charge in [0.25, 0.3) is 0 Å². The Morgan fingerprint density at radius 1 is 1.40 bits per heavy atom. The highest BCUT2D eigenvalue weighted by atomic mass is 16.5. The van der Waals surface area contributed by atoms with Crippen LogP contribution in [0.1, 0.15) is 19.4 Å². The monoisotopic (exact) mass is 208 g/mol. The van der Waals surface area contributed by atoms with E-state index in [9.17, 15) is 10.2 Å². The molecule has 0 saturated carbocycles. The normalized spacial score (nSPS) is 12.9. The van der Waals surface area contributed by atoms with Gasteiger partial charge >= 0.3 is 0 Å². The highest BCUT2D eigenvalue weighted by Crippen LogP contribution is 2.23. The second kappa shape index (κ2) is 5.29. The largest absolute Gasteiger partial charge is 0.508 e. The van der Waals surface area contributed by atoms with Crippen LogP contribution in [-0.2, 0) is 11.2 Å². The molecular formula is C12H16O3. The number of hydrogen-bond donors (Lipinski definition) is 2. The third-order valence-corrected chi connectivity index (χ3v) is 2.02. The van der Waals surface area contributed by atoms with E-state index in [-0.39, 0.29) is 17.6 Å². The van der Waals surface area contributed by atoms with Gasteiger partial charge in [-0.05, 0) is 32.0 Å². The van der Waals surface area contributed by atoms with E-state index < -0.39 is 0 Å². The molecule has 0 saturated heterocycles. The number of hydrogen-bond acceptors (Lipinski definition) is 3. The molecule has 1 aromatic carbocycles. The van der Waals surface area contributed by atoms with Gasteiger partial charge in [-0.15, -0.1) is 0 Å². The number of phenols is 2. The quantitative estimate of drug-likeness (QED) is 0.590. The molecule has 1 rings (SSSR count). The summed E-state index contributed by atoms with van der Waals surface area (Å²) < 4.78 is 5.32. The molecule has 1 unspecified atom stereocenters. The van der Waals surface area contributed by atoms with Crippen molar-refractivity contribution in [2.75, 3.05) is 0 Å². The van der Waals surface area contributed by atoms with Gasteiger partial charge in [-0.1, -0.05) is 6.08 Å². The lowest BCUT2D eigenvalue weighted by molar-refractivity contribution is 0.160. The Kier molecular flexibility index (Phi) is 4.03. The van der Waals surface area contributed by atoms with Crippen LogP contribution in [0.25, 0.3) is 0 Å². The van der Waals surface area contributed by atoms with E-state index in [1.54, 1.807) is 18.4 Å². The molecule has 0 aliphatic heterocycles. The molecule has 0 aromatic heterocycles. The topological polar surface area (TPSA) is 49.7 Å². The number of allylic oxidation sites excluding steroid dienone is 1. The molecule has 0 aliphatic carbocycles. The van der Waals surface area contributed by atoms with Crippen LogP contribution in [0.3, 0.4) is 0 Å². The van der Waals surface area contributed by atoms with Crippen LogP contribution in [0.2, 0.25) is 0 Å². The summed E-state index contributed by atoms with van der Waals surface area (Å²) in [5, 5.41) is 18.8. The Balaban J connectivity index is 2.67. The van der Waals surface area contributed by atoms with Gasteiger partial charge in [-0.3, -0.25) is 0 Å². The summed E-state index contributed by atoms with van der Waals surface area (Å²) in [5.41, 5.74) is 0.687. The van der Waals surface area contributed by atoms with Crippen molar-refractivity contribution in [3.05, 3.63) is 36.1 Å². The summed E-state index contributed by atoms with van der Waals surface area (Å²) in [6.45, 7) is 3.78. The molecule has 1 aromatic rings. The van der Waals surface area contributed by atoms with E-state index in [2.05, 4.69) is 0 Å². The summed E-state index contributed by atoms with van der Waals surface area (Å²) in [7, 11) is 0. The Hall–Kier alpha value is -1.64. The molecule has 0 radical (unpaired) electrons. The average molecular weight is 208 g/mol. The van der Waals surface area contributed by atoms with Gasteiger partial charge in [-0.2, -0.15) is 0 Å². The minimum atomic E-state index is -0.0334. The molecule has 15 heavy (non-hydrogen) atoms. The predicted octanol–water partition coefficient (Wildman–Crippen LogP) is 2.58. The number of rotatable bonds is 4. The minimum absolute atomic E-state index is 0.0334. The molecule has 0 fully saturated rings. The molecule has 2 N–H and O–H groups in total. The number of phenolic OH excluding ortho intramolecular Hbond substituents is 2. The Bertz CT molecular complexity index is 345. The third kappa shape index (κ3) is 3.54. The highest BCUT2D eigenvalue weighted by molar-refractivity contribution is 5.38. The summed E-state index contributed by atoms with van der Waals surface area (Å²) >= 11 is 0. The van der Waals surface area contributed by atoms with Crippen molar-refractivity contribution in [2.45, 2.75) is 26.4 Å². The SMILES string of the molecule is CC=COC(C)Cc1cc(O)ccc1O. The van der Waals surface area contributed by atoms with E-state index in [1.165, 1.54) is 12.1 Å². The van der Waals surface area contributed by atoms with Gasteiger partial charge in [0.05, 0.1) is 12.4 Å². The Labute approximate surface area is 89.6 Å². The zero-order valence-corrected chi connectivity index (χ0v) is 8.97. The first kappa shape index (κ1) is 11.4. The lowest BCUT2D eigenvalue weighted by Gasteiger charge is -2.12. The lowest BCUT2D eigenvalue weighted by atomic mass is 10.1. The highest BCUT2D eigenvalue weighted by Gasteiger charge is 2.07. The summed E-state index contributed by atoms with van der Waals surface area (Å²) in [6.07, 6.45) is 3.95. The summed E-state index contributed by atoms with van der Waals surface area (Å²) in [4.78, 5) is 0. The molecule has 3 nitrogen and oxygen atoms in total. The zero-order valence-electron chi connectivity index (χ0n) is 8.97. The minimum Gasteiger partial charge on any atom is -0.508 e. The van der Waals surface area contributed by atoms with Crippen molar-refractivity contribution in [1.29, 1.82) is 0 Å².